The molecule has 2 aromatic heterocycles. The first-order valence-electron chi connectivity index (χ1n) is 9.23. The van der Waals surface area contributed by atoms with E-state index in [2.05, 4.69) is 38.1 Å². The van der Waals surface area contributed by atoms with Gasteiger partial charge in [0.05, 0.1) is 17.4 Å². The summed E-state index contributed by atoms with van der Waals surface area (Å²) < 4.78 is 7.58. The number of aromatic nitrogens is 4. The van der Waals surface area contributed by atoms with Crippen LogP contribution < -0.4 is 5.32 Å². The number of carbonyl (C=O) groups excluding carboxylic acids is 1. The van der Waals surface area contributed by atoms with Crippen LogP contribution >= 0.6 is 11.8 Å². The average Bonchev–Trinajstić information content (AvgIpc) is 2.98. The van der Waals surface area contributed by atoms with Crippen molar-refractivity contribution in [3.8, 4) is 0 Å². The molecule has 1 aromatic carbocycles. The van der Waals surface area contributed by atoms with E-state index in [1.165, 1.54) is 11.8 Å². The Balaban J connectivity index is 1.61. The fraction of sp³-hybridized carbons (Fsp3) is 0.474. The summed E-state index contributed by atoms with van der Waals surface area (Å²) in [4.78, 5) is 16.6. The lowest BCUT2D eigenvalue weighted by Gasteiger charge is -2.08. The standard InChI is InChI=1S/C19H25N5O2S/c1-4-24-15-9-6-5-8-14(15)17-18(24)21-19(23-22-17)27-12-16(25)20-10-7-11-26-13(2)3/h5-6,8-9,13H,4,7,10-12H2,1-3H3,(H,20,25). The number of fused-ring (bicyclic) bond motifs is 3. The molecule has 0 aliphatic heterocycles. The van der Waals surface area contributed by atoms with Gasteiger partial charge >= 0.3 is 0 Å². The zero-order valence-electron chi connectivity index (χ0n) is 15.9. The fourth-order valence-electron chi connectivity index (χ4n) is 2.87. The van der Waals surface area contributed by atoms with Crippen molar-refractivity contribution in [1.29, 1.82) is 0 Å². The number of hydrogen-bond donors (Lipinski definition) is 1. The van der Waals surface area contributed by atoms with E-state index in [1.54, 1.807) is 0 Å². The summed E-state index contributed by atoms with van der Waals surface area (Å²) in [5.74, 6) is 0.231. The number of nitrogens with zero attached hydrogens (tertiary/aromatic N) is 4. The van der Waals surface area contributed by atoms with Crippen LogP contribution in [0.15, 0.2) is 29.4 Å². The number of carbonyl (C=O) groups is 1. The Hall–Kier alpha value is -2.19. The molecule has 0 bridgehead atoms. The molecule has 27 heavy (non-hydrogen) atoms. The molecule has 7 nitrogen and oxygen atoms in total. The third-order valence-corrected chi connectivity index (χ3v) is 4.94. The van der Waals surface area contributed by atoms with Gasteiger partial charge in [0.25, 0.3) is 0 Å². The minimum absolute atomic E-state index is 0.0377. The maximum atomic E-state index is 12.0. The number of para-hydroxylation sites is 1. The Labute approximate surface area is 162 Å². The molecule has 144 valence electrons. The maximum Gasteiger partial charge on any atom is 0.230 e. The zero-order chi connectivity index (χ0) is 19.2. The molecule has 2 heterocycles. The second kappa shape index (κ2) is 9.14. The molecule has 0 atom stereocenters. The normalized spacial score (nSPS) is 11.6. The smallest absolute Gasteiger partial charge is 0.230 e. The molecule has 0 radical (unpaired) electrons. The molecule has 3 rings (SSSR count). The number of aryl methyl sites for hydroxylation is 1. The lowest BCUT2D eigenvalue weighted by atomic mass is 10.2. The highest BCUT2D eigenvalue weighted by Gasteiger charge is 2.14. The van der Waals surface area contributed by atoms with Crippen LogP contribution in [0.1, 0.15) is 27.2 Å². The van der Waals surface area contributed by atoms with Gasteiger partial charge < -0.3 is 14.6 Å². The molecule has 0 spiro atoms. The van der Waals surface area contributed by atoms with Crippen molar-refractivity contribution in [2.24, 2.45) is 0 Å². The number of benzene rings is 1. The lowest BCUT2D eigenvalue weighted by molar-refractivity contribution is -0.118. The van der Waals surface area contributed by atoms with Gasteiger partial charge in [-0.2, -0.15) is 0 Å². The van der Waals surface area contributed by atoms with Crippen molar-refractivity contribution >= 4 is 39.7 Å². The van der Waals surface area contributed by atoms with E-state index < -0.39 is 0 Å². The molecule has 0 aliphatic carbocycles. The quantitative estimate of drug-likeness (QED) is 0.449. The predicted molar refractivity (Wildman–Crippen MR) is 108 cm³/mol. The second-order valence-electron chi connectivity index (χ2n) is 6.44. The molecule has 1 N–H and O–H groups in total. The van der Waals surface area contributed by atoms with Gasteiger partial charge in [-0.25, -0.2) is 4.98 Å². The number of amides is 1. The maximum absolute atomic E-state index is 12.0. The van der Waals surface area contributed by atoms with E-state index in [0.29, 0.717) is 18.3 Å². The lowest BCUT2D eigenvalue weighted by Crippen LogP contribution is -2.27. The van der Waals surface area contributed by atoms with Crippen molar-refractivity contribution in [3.05, 3.63) is 24.3 Å². The van der Waals surface area contributed by atoms with E-state index in [-0.39, 0.29) is 17.8 Å². The zero-order valence-corrected chi connectivity index (χ0v) is 16.8. The first-order valence-corrected chi connectivity index (χ1v) is 10.2. The molecule has 0 saturated carbocycles. The van der Waals surface area contributed by atoms with E-state index in [4.69, 9.17) is 4.74 Å². The minimum atomic E-state index is -0.0377. The monoisotopic (exact) mass is 387 g/mol. The van der Waals surface area contributed by atoms with Gasteiger partial charge in [0, 0.05) is 25.1 Å². The van der Waals surface area contributed by atoms with Crippen LogP contribution in [0, 0.1) is 0 Å². The van der Waals surface area contributed by atoms with Crippen LogP contribution in [0.2, 0.25) is 0 Å². The number of thioether (sulfide) groups is 1. The Morgan fingerprint density at radius 3 is 2.89 bits per heavy atom. The van der Waals surface area contributed by atoms with Crippen molar-refractivity contribution in [2.75, 3.05) is 18.9 Å². The van der Waals surface area contributed by atoms with Crippen LogP contribution in [0.5, 0.6) is 0 Å². The molecule has 0 aliphatic rings. The molecule has 3 aromatic rings. The summed E-state index contributed by atoms with van der Waals surface area (Å²) in [6, 6.07) is 8.09. The third kappa shape index (κ3) is 4.75. The van der Waals surface area contributed by atoms with Gasteiger partial charge in [-0.15, -0.1) is 10.2 Å². The molecule has 0 unspecified atom stereocenters. The first kappa shape index (κ1) is 19.6. The highest BCUT2D eigenvalue weighted by atomic mass is 32.2. The number of ether oxygens (including phenoxy) is 1. The van der Waals surface area contributed by atoms with Crippen LogP contribution in [0.3, 0.4) is 0 Å². The van der Waals surface area contributed by atoms with Gasteiger partial charge in [0.1, 0.15) is 5.52 Å². The summed E-state index contributed by atoms with van der Waals surface area (Å²) in [5, 5.41) is 13.0. The highest BCUT2D eigenvalue weighted by molar-refractivity contribution is 7.99. The average molecular weight is 388 g/mol. The molecule has 8 heteroatoms. The molecule has 1 amide bonds. The SMILES string of the molecule is CCn1c2ccccc2c2nnc(SCC(=O)NCCCOC(C)C)nc21. The van der Waals surface area contributed by atoms with E-state index in [1.807, 2.05) is 32.0 Å². The van der Waals surface area contributed by atoms with E-state index >= 15 is 0 Å². The molecule has 0 saturated heterocycles. The minimum Gasteiger partial charge on any atom is -0.379 e. The van der Waals surface area contributed by atoms with Crippen LogP contribution in [0.4, 0.5) is 0 Å². The van der Waals surface area contributed by atoms with E-state index in [9.17, 15) is 4.79 Å². The van der Waals surface area contributed by atoms with Crippen LogP contribution in [-0.4, -0.2) is 50.7 Å². The first-order chi connectivity index (χ1) is 13.1. The summed E-state index contributed by atoms with van der Waals surface area (Å²) in [7, 11) is 0. The van der Waals surface area contributed by atoms with Gasteiger partial charge in [-0.1, -0.05) is 30.0 Å². The fourth-order valence-corrected chi connectivity index (χ4v) is 3.48. The Kier molecular flexibility index (Phi) is 6.63. The topological polar surface area (TPSA) is 81.9 Å². The Morgan fingerprint density at radius 1 is 1.30 bits per heavy atom. The molecular weight excluding hydrogens is 362 g/mol. The van der Waals surface area contributed by atoms with Crippen molar-refractivity contribution < 1.29 is 9.53 Å². The van der Waals surface area contributed by atoms with Crippen molar-refractivity contribution in [3.63, 3.8) is 0 Å². The van der Waals surface area contributed by atoms with Crippen molar-refractivity contribution in [2.45, 2.75) is 45.0 Å². The van der Waals surface area contributed by atoms with Gasteiger partial charge in [0.15, 0.2) is 5.65 Å². The third-order valence-electron chi connectivity index (χ3n) is 4.10. The van der Waals surface area contributed by atoms with Crippen LogP contribution in [-0.2, 0) is 16.1 Å². The Morgan fingerprint density at radius 2 is 2.11 bits per heavy atom. The summed E-state index contributed by atoms with van der Waals surface area (Å²) in [6.07, 6.45) is 1.02. The summed E-state index contributed by atoms with van der Waals surface area (Å²) >= 11 is 1.30. The van der Waals surface area contributed by atoms with Gasteiger partial charge in [-0.05, 0) is 33.3 Å². The van der Waals surface area contributed by atoms with Crippen molar-refractivity contribution in [1.82, 2.24) is 25.1 Å². The number of nitrogens with one attached hydrogen (secondary N) is 1. The molecular formula is C19H25N5O2S. The van der Waals surface area contributed by atoms with E-state index in [0.717, 1.165) is 35.0 Å². The number of rotatable bonds is 9. The second-order valence-corrected chi connectivity index (χ2v) is 7.38. The highest BCUT2D eigenvalue weighted by Crippen LogP contribution is 2.26. The van der Waals surface area contributed by atoms with Crippen LogP contribution in [0.25, 0.3) is 22.1 Å². The van der Waals surface area contributed by atoms with Gasteiger partial charge in [-0.3, -0.25) is 4.79 Å². The van der Waals surface area contributed by atoms with Gasteiger partial charge in [0.2, 0.25) is 11.1 Å². The largest absolute Gasteiger partial charge is 0.379 e. The summed E-state index contributed by atoms with van der Waals surface area (Å²) in [6.45, 7) is 8.13. The summed E-state index contributed by atoms with van der Waals surface area (Å²) in [5.41, 5.74) is 2.70. The predicted octanol–water partition coefficient (Wildman–Crippen LogP) is 3.02. The Bertz CT molecular complexity index is 925. The molecule has 0 fully saturated rings. The number of hydrogen-bond acceptors (Lipinski definition) is 6.